The summed E-state index contributed by atoms with van der Waals surface area (Å²) in [6.45, 7) is 3.47. The van der Waals surface area contributed by atoms with Crippen LogP contribution in [0.1, 0.15) is 44.4 Å². The maximum atomic E-state index is 14.0. The van der Waals surface area contributed by atoms with Crippen LogP contribution in [-0.4, -0.2) is 39.8 Å². The minimum atomic E-state index is -1.00. The first-order chi connectivity index (χ1) is 15.3. The summed E-state index contributed by atoms with van der Waals surface area (Å²) >= 11 is 1.39. The molecule has 1 aliphatic heterocycles. The van der Waals surface area contributed by atoms with Gasteiger partial charge >= 0.3 is 5.97 Å². The molecule has 0 unspecified atom stereocenters. The highest BCUT2D eigenvalue weighted by molar-refractivity contribution is 7.07. The second-order valence-corrected chi connectivity index (χ2v) is 8.73. The molecule has 172 valence electrons. The predicted molar refractivity (Wildman–Crippen MR) is 113 cm³/mol. The zero-order valence-corrected chi connectivity index (χ0v) is 18.7. The lowest BCUT2D eigenvalue weighted by atomic mass is 10.0. The lowest BCUT2D eigenvalue weighted by molar-refractivity contribution is -0.150. The van der Waals surface area contributed by atoms with Gasteiger partial charge in [0, 0.05) is 36.4 Å². The van der Waals surface area contributed by atoms with Crippen LogP contribution in [0.15, 0.2) is 29.1 Å². The van der Waals surface area contributed by atoms with Crippen LogP contribution in [0.3, 0.4) is 0 Å². The van der Waals surface area contributed by atoms with E-state index in [1.807, 2.05) is 0 Å². The first kappa shape index (κ1) is 23.8. The zero-order valence-electron chi connectivity index (χ0n) is 17.8. The molecule has 3 rings (SSSR count). The second kappa shape index (κ2) is 10.6. The van der Waals surface area contributed by atoms with E-state index in [-0.39, 0.29) is 43.4 Å². The van der Waals surface area contributed by atoms with Gasteiger partial charge in [0.25, 0.3) is 0 Å². The molecule has 1 aromatic carbocycles. The zero-order chi connectivity index (χ0) is 23.3. The number of benzene rings is 1. The van der Waals surface area contributed by atoms with Crippen LogP contribution in [0.4, 0.5) is 8.78 Å². The monoisotopic (exact) mass is 465 g/mol. The highest BCUT2D eigenvalue weighted by Crippen LogP contribution is 2.25. The van der Waals surface area contributed by atoms with Gasteiger partial charge in [0.2, 0.25) is 11.8 Å². The molecule has 0 saturated carbocycles. The van der Waals surface area contributed by atoms with E-state index in [9.17, 15) is 23.2 Å². The van der Waals surface area contributed by atoms with E-state index in [4.69, 9.17) is 4.74 Å². The van der Waals surface area contributed by atoms with Crippen molar-refractivity contribution >= 4 is 29.1 Å². The van der Waals surface area contributed by atoms with Crippen LogP contribution in [-0.2, 0) is 32.3 Å². The fourth-order valence-electron chi connectivity index (χ4n) is 3.56. The minimum absolute atomic E-state index is 0.0194. The molecule has 10 heteroatoms. The number of nitrogens with zero attached hydrogens (tertiary/aromatic N) is 2. The quantitative estimate of drug-likeness (QED) is 0.575. The van der Waals surface area contributed by atoms with Crippen LogP contribution in [0.2, 0.25) is 0 Å². The number of carbonyl (C=O) groups is 3. The van der Waals surface area contributed by atoms with Gasteiger partial charge < -0.3 is 15.0 Å². The van der Waals surface area contributed by atoms with Crippen LogP contribution in [0.5, 0.6) is 0 Å². The molecule has 7 nitrogen and oxygen atoms in total. The van der Waals surface area contributed by atoms with Crippen molar-refractivity contribution in [3.63, 3.8) is 0 Å². The Hall–Kier alpha value is -2.88. The summed E-state index contributed by atoms with van der Waals surface area (Å²) in [6, 6.07) is 2.47. The van der Waals surface area contributed by atoms with Crippen molar-refractivity contribution in [3.8, 4) is 0 Å². The van der Waals surface area contributed by atoms with Crippen molar-refractivity contribution in [2.75, 3.05) is 0 Å². The van der Waals surface area contributed by atoms with Gasteiger partial charge in [-0.2, -0.15) is 0 Å². The maximum absolute atomic E-state index is 14.0. The van der Waals surface area contributed by atoms with Gasteiger partial charge in [0.05, 0.1) is 11.2 Å². The molecule has 32 heavy (non-hydrogen) atoms. The summed E-state index contributed by atoms with van der Waals surface area (Å²) < 4.78 is 32.8. The number of ether oxygens (including phenoxy) is 1. The average molecular weight is 466 g/mol. The SMILES string of the molecule is CC(C)[C@H](NC(=O)C[C@@H]1CCC(=O)N1Cc1cccc(F)c1F)C(=O)OCc1cscn1. The third-order valence-electron chi connectivity index (χ3n) is 5.33. The number of thiazole rings is 1. The van der Waals surface area contributed by atoms with Crippen LogP contribution in [0, 0.1) is 17.6 Å². The topological polar surface area (TPSA) is 88.6 Å². The summed E-state index contributed by atoms with van der Waals surface area (Å²) in [4.78, 5) is 42.9. The third-order valence-corrected chi connectivity index (χ3v) is 5.96. The van der Waals surface area contributed by atoms with E-state index >= 15 is 0 Å². The van der Waals surface area contributed by atoms with E-state index in [1.165, 1.54) is 28.4 Å². The number of hydrogen-bond donors (Lipinski definition) is 1. The van der Waals surface area contributed by atoms with Crippen molar-refractivity contribution in [2.45, 2.75) is 58.3 Å². The molecule has 1 aliphatic rings. The van der Waals surface area contributed by atoms with E-state index in [0.29, 0.717) is 12.1 Å². The van der Waals surface area contributed by atoms with Crippen molar-refractivity contribution in [1.29, 1.82) is 0 Å². The van der Waals surface area contributed by atoms with Gasteiger partial charge in [-0.1, -0.05) is 26.0 Å². The summed E-state index contributed by atoms with van der Waals surface area (Å²) in [5.41, 5.74) is 2.31. The molecule has 1 N–H and O–H groups in total. The molecule has 0 bridgehead atoms. The van der Waals surface area contributed by atoms with Crippen molar-refractivity contribution in [3.05, 3.63) is 52.0 Å². The molecule has 2 heterocycles. The first-order valence-corrected chi connectivity index (χ1v) is 11.3. The molecule has 1 saturated heterocycles. The molecule has 0 aliphatic carbocycles. The Morgan fingerprint density at radius 2 is 2.12 bits per heavy atom. The summed E-state index contributed by atoms with van der Waals surface area (Å²) in [5, 5.41) is 4.46. The number of aromatic nitrogens is 1. The van der Waals surface area contributed by atoms with Crippen molar-refractivity contribution < 1.29 is 27.9 Å². The molecular weight excluding hydrogens is 440 g/mol. The van der Waals surface area contributed by atoms with Crippen molar-refractivity contribution in [2.24, 2.45) is 5.92 Å². The number of likely N-dealkylation sites (tertiary alicyclic amines) is 1. The Morgan fingerprint density at radius 1 is 1.34 bits per heavy atom. The normalized spacial score (nSPS) is 17.0. The molecule has 2 aromatic rings. The van der Waals surface area contributed by atoms with E-state index < -0.39 is 35.6 Å². The van der Waals surface area contributed by atoms with Gasteiger partial charge in [0.15, 0.2) is 11.6 Å². The van der Waals surface area contributed by atoms with Crippen molar-refractivity contribution in [1.82, 2.24) is 15.2 Å². The van der Waals surface area contributed by atoms with Crippen LogP contribution < -0.4 is 5.32 Å². The fourth-order valence-corrected chi connectivity index (χ4v) is 4.11. The summed E-state index contributed by atoms with van der Waals surface area (Å²) in [5.74, 6) is -3.42. The largest absolute Gasteiger partial charge is 0.458 e. The Labute approximate surface area is 188 Å². The number of rotatable bonds is 9. The maximum Gasteiger partial charge on any atom is 0.329 e. The molecule has 1 aromatic heterocycles. The molecule has 0 radical (unpaired) electrons. The summed E-state index contributed by atoms with van der Waals surface area (Å²) in [6.07, 6.45) is 0.591. The number of hydrogen-bond acceptors (Lipinski definition) is 6. The molecule has 1 fully saturated rings. The van der Waals surface area contributed by atoms with E-state index in [0.717, 1.165) is 6.07 Å². The Kier molecular flexibility index (Phi) is 7.89. The summed E-state index contributed by atoms with van der Waals surface area (Å²) in [7, 11) is 0. The van der Waals surface area contributed by atoms with Gasteiger partial charge in [-0.15, -0.1) is 11.3 Å². The van der Waals surface area contributed by atoms with Gasteiger partial charge in [0.1, 0.15) is 12.6 Å². The number of amides is 2. The average Bonchev–Trinajstić information content (AvgIpc) is 3.38. The molecule has 0 spiro atoms. The Bertz CT molecular complexity index is 968. The Balaban J connectivity index is 1.60. The Morgan fingerprint density at radius 3 is 2.81 bits per heavy atom. The van der Waals surface area contributed by atoms with Crippen LogP contribution in [0.25, 0.3) is 0 Å². The van der Waals surface area contributed by atoms with Gasteiger partial charge in [-0.05, 0) is 18.4 Å². The van der Waals surface area contributed by atoms with Crippen LogP contribution >= 0.6 is 11.3 Å². The first-order valence-electron chi connectivity index (χ1n) is 10.3. The number of carbonyl (C=O) groups excluding carboxylic acids is 3. The van der Waals surface area contributed by atoms with Gasteiger partial charge in [-0.3, -0.25) is 9.59 Å². The standard InChI is InChI=1S/C22H25F2N3O4S/c1-13(2)21(22(30)31-10-15-11-32-12-25-15)26-18(28)8-16-6-7-19(29)27(16)9-14-4-3-5-17(23)20(14)24/h3-5,11-13,16,21H,6-10H2,1-2H3,(H,26,28)/t16-,21-/m0/s1. The second-order valence-electron chi connectivity index (χ2n) is 8.01. The van der Waals surface area contributed by atoms with E-state index in [1.54, 1.807) is 24.7 Å². The molecule has 2 atom stereocenters. The minimum Gasteiger partial charge on any atom is -0.458 e. The number of halogens is 2. The third kappa shape index (κ3) is 5.87. The van der Waals surface area contributed by atoms with Gasteiger partial charge in [-0.25, -0.2) is 18.6 Å². The van der Waals surface area contributed by atoms with E-state index in [2.05, 4.69) is 10.3 Å². The highest BCUT2D eigenvalue weighted by atomic mass is 32.1. The molecule has 2 amide bonds. The smallest absolute Gasteiger partial charge is 0.329 e. The molecular formula is C22H25F2N3O4S. The lowest BCUT2D eigenvalue weighted by Gasteiger charge is -2.26. The number of nitrogens with one attached hydrogen (secondary N) is 1. The lowest BCUT2D eigenvalue weighted by Crippen LogP contribution is -2.47. The number of esters is 1. The predicted octanol–water partition coefficient (Wildman–Crippen LogP) is 3.19. The highest BCUT2D eigenvalue weighted by Gasteiger charge is 2.34. The fraction of sp³-hybridized carbons (Fsp3) is 0.455.